The molecule has 30 valence electrons. The predicted molar refractivity (Wildman–Crippen MR) is 40.2 cm³/mol. The van der Waals surface area contributed by atoms with Gasteiger partial charge in [-0.05, 0) is 0 Å². The molecule has 0 radical (unpaired) electrons. The van der Waals surface area contributed by atoms with Gasteiger partial charge in [-0.2, -0.15) is 13.5 Å². The number of hydrogen-bond acceptors (Lipinski definition) is 2. The van der Waals surface area contributed by atoms with Gasteiger partial charge in [0.05, 0.1) is 0 Å². The average molecular weight is 124 g/mol. The summed E-state index contributed by atoms with van der Waals surface area (Å²) >= 11 is 7.33. The minimum atomic E-state index is 0. The van der Waals surface area contributed by atoms with Crippen molar-refractivity contribution in [1.82, 2.24) is 0 Å². The van der Waals surface area contributed by atoms with E-state index in [1.165, 1.54) is 0 Å². The molecule has 0 spiro atoms. The molecule has 0 amide bonds. The van der Waals surface area contributed by atoms with E-state index in [0.717, 1.165) is 0 Å². The average Bonchev–Trinajstić information content (AvgIpc) is 1.37. The predicted octanol–water partition coefficient (Wildman–Crippen LogP) is 0.338. The second kappa shape index (κ2) is 8.88. The van der Waals surface area contributed by atoms with E-state index in [1.807, 2.05) is 0 Å². The number of hydrogen-bond donors (Lipinski definition) is 2. The zero-order valence-electron chi connectivity index (χ0n) is 2.55. The Hall–Kier alpha value is 0.985. The second-order valence-electron chi connectivity index (χ2n) is 0.298. The van der Waals surface area contributed by atoms with Crippen LogP contribution in [0.3, 0.4) is 0 Å². The zero-order valence-corrected chi connectivity index (χ0v) is 5.34. The molecular formula is CH5BS3. The Labute approximate surface area is 50.4 Å². The summed E-state index contributed by atoms with van der Waals surface area (Å²) in [6, 6.07) is 0. The van der Waals surface area contributed by atoms with Gasteiger partial charge in [0.1, 0.15) is 0 Å². The molecular weight excluding hydrogens is 119 g/mol. The molecule has 0 aliphatic carbocycles. The van der Waals surface area contributed by atoms with E-state index >= 15 is 0 Å². The van der Waals surface area contributed by atoms with Crippen LogP contribution in [0.25, 0.3) is 0 Å². The molecule has 0 aromatic heterocycles. The Kier molecular flexibility index (Phi) is 16.6. The molecule has 0 fully saturated rings. The summed E-state index contributed by atoms with van der Waals surface area (Å²) in [6.07, 6.45) is 1.56. The summed E-state index contributed by atoms with van der Waals surface area (Å²) in [5, 5.41) is 1.56. The quantitative estimate of drug-likeness (QED) is 0.337. The van der Waals surface area contributed by atoms with Crippen LogP contribution in [0.2, 0.25) is 0 Å². The van der Waals surface area contributed by atoms with Crippen LogP contribution in [0.15, 0.2) is 0 Å². The molecule has 0 nitrogen and oxygen atoms in total. The van der Waals surface area contributed by atoms with E-state index in [0.29, 0.717) is 0 Å². The van der Waals surface area contributed by atoms with Gasteiger partial charge in [0.25, 0.3) is 0 Å². The zero-order chi connectivity index (χ0) is 3.41. The topological polar surface area (TPSA) is 0 Å². The molecule has 4 heteroatoms. The van der Waals surface area contributed by atoms with E-state index < -0.39 is 0 Å². The van der Waals surface area contributed by atoms with Crippen molar-refractivity contribution >= 4 is 50.1 Å². The van der Waals surface area contributed by atoms with Crippen LogP contribution in [-0.4, -0.2) is 11.5 Å². The maximum absolute atomic E-state index is 3.66. The summed E-state index contributed by atoms with van der Waals surface area (Å²) in [5.41, 5.74) is 0. The summed E-state index contributed by atoms with van der Waals surface area (Å²) < 4.78 is 0. The van der Waals surface area contributed by atoms with Gasteiger partial charge in [-0.1, -0.05) is 0 Å². The second-order valence-corrected chi connectivity index (χ2v) is 0.894. The molecule has 0 aliphatic rings. The van der Waals surface area contributed by atoms with E-state index in [9.17, 15) is 0 Å². The molecule has 0 saturated heterocycles. The van der Waals surface area contributed by atoms with Gasteiger partial charge in [0.15, 0.2) is 0 Å². The molecule has 0 atom stereocenters. The Bertz CT molecular complexity index is 22.1. The molecule has 0 saturated carbocycles. The first kappa shape index (κ1) is 9.37. The molecule has 0 unspecified atom stereocenters. The van der Waals surface area contributed by atoms with E-state index in [-0.39, 0.29) is 13.5 Å². The third kappa shape index (κ3) is 11.3. The standard InChI is InChI=1S/CH3BS2.H2S/c3-1-2-4;/h1,3-4H;1H2. The Morgan fingerprint density at radius 3 is 1.80 bits per heavy atom. The Morgan fingerprint density at radius 2 is 1.80 bits per heavy atom. The number of rotatable bonds is 0. The molecule has 0 aromatic rings. The van der Waals surface area contributed by atoms with Crippen LogP contribution in [0.1, 0.15) is 0 Å². The molecule has 0 bridgehead atoms. The van der Waals surface area contributed by atoms with Crippen LogP contribution < -0.4 is 0 Å². The Balaban J connectivity index is 0. The van der Waals surface area contributed by atoms with E-state index in [1.54, 1.807) is 11.5 Å². The van der Waals surface area contributed by atoms with E-state index in [4.69, 9.17) is 0 Å². The monoisotopic (exact) mass is 124 g/mol. The van der Waals surface area contributed by atoms with Gasteiger partial charge in [-0.25, -0.2) is 0 Å². The molecule has 0 aliphatic heterocycles. The summed E-state index contributed by atoms with van der Waals surface area (Å²) in [4.78, 5) is 0. The van der Waals surface area contributed by atoms with Crippen LogP contribution in [-0.2, 0) is 0 Å². The molecule has 0 aromatic carbocycles. The summed E-state index contributed by atoms with van der Waals surface area (Å²) in [7, 11) is 0. The van der Waals surface area contributed by atoms with Crippen LogP contribution in [0.4, 0.5) is 0 Å². The fraction of sp³-hybridized carbons (Fsp3) is 0. The molecule has 0 N–H and O–H groups in total. The van der Waals surface area contributed by atoms with Gasteiger partial charge in [-0.15, -0.1) is 0 Å². The summed E-state index contributed by atoms with van der Waals surface area (Å²) in [6.45, 7) is 0. The van der Waals surface area contributed by atoms with Crippen molar-refractivity contribution in [3.05, 3.63) is 0 Å². The van der Waals surface area contributed by atoms with Gasteiger partial charge in [0.2, 0.25) is 0 Å². The van der Waals surface area contributed by atoms with Gasteiger partial charge in [-0.3, -0.25) is 0 Å². The van der Waals surface area contributed by atoms with Gasteiger partial charge < -0.3 is 0 Å². The first-order chi connectivity index (χ1) is 1.91. The third-order valence-electron chi connectivity index (χ3n) is 0.0667. The first-order valence-corrected chi connectivity index (χ1v) is 1.88. The normalized spacial score (nSPS) is 6.00. The fourth-order valence-electron chi connectivity index (χ4n) is 0. The minimum absolute atomic E-state index is 0. The van der Waals surface area contributed by atoms with Crippen LogP contribution in [0.5, 0.6) is 0 Å². The van der Waals surface area contributed by atoms with Crippen LogP contribution >= 0.6 is 38.6 Å². The van der Waals surface area contributed by atoms with Crippen molar-refractivity contribution in [2.75, 3.05) is 0 Å². The van der Waals surface area contributed by atoms with Crippen molar-refractivity contribution in [2.24, 2.45) is 0 Å². The van der Waals surface area contributed by atoms with Gasteiger partial charge >= 0.3 is 36.6 Å². The van der Waals surface area contributed by atoms with Crippen molar-refractivity contribution in [2.45, 2.75) is 0 Å². The van der Waals surface area contributed by atoms with Gasteiger partial charge in [0, 0.05) is 0 Å². The molecule has 0 rings (SSSR count). The Morgan fingerprint density at radius 1 is 1.60 bits per heavy atom. The van der Waals surface area contributed by atoms with Crippen molar-refractivity contribution < 1.29 is 0 Å². The SMILES string of the molecule is S.SB=CS. The summed E-state index contributed by atoms with van der Waals surface area (Å²) in [5.74, 6) is 0. The third-order valence-corrected chi connectivity index (χ3v) is 0.600. The van der Waals surface area contributed by atoms with Crippen LogP contribution in [0, 0.1) is 0 Å². The van der Waals surface area contributed by atoms with E-state index in [2.05, 4.69) is 25.1 Å². The number of thiol groups is 2. The molecule has 0 heterocycles. The maximum atomic E-state index is 3.66. The fourth-order valence-corrected chi connectivity index (χ4v) is 0. The van der Waals surface area contributed by atoms with Crippen molar-refractivity contribution in [1.29, 1.82) is 0 Å². The first-order valence-electron chi connectivity index (χ1n) is 0.850. The van der Waals surface area contributed by atoms with Crippen molar-refractivity contribution in [3.8, 4) is 0 Å². The molecule has 5 heavy (non-hydrogen) atoms. The van der Waals surface area contributed by atoms with Crippen molar-refractivity contribution in [3.63, 3.8) is 0 Å².